The fourth-order valence-corrected chi connectivity index (χ4v) is 5.36. The predicted octanol–water partition coefficient (Wildman–Crippen LogP) is 6.86. The molecule has 0 unspecified atom stereocenters. The average Bonchev–Trinajstić information content (AvgIpc) is 3.49. The summed E-state index contributed by atoms with van der Waals surface area (Å²) in [6.07, 6.45) is 0. The molecule has 6 rings (SSSR count). The van der Waals surface area contributed by atoms with Crippen LogP contribution in [0.2, 0.25) is 0 Å². The molecule has 0 bridgehead atoms. The van der Waals surface area contributed by atoms with Crippen LogP contribution >= 0.6 is 22.7 Å². The molecule has 0 N–H and O–H groups in total. The van der Waals surface area contributed by atoms with Crippen LogP contribution in [0.5, 0.6) is 0 Å². The van der Waals surface area contributed by atoms with Crippen molar-refractivity contribution in [3.05, 3.63) is 94.0 Å². The lowest BCUT2D eigenvalue weighted by molar-refractivity contribution is 0.563. The van der Waals surface area contributed by atoms with Gasteiger partial charge in [0, 0.05) is 21.7 Å². The number of rotatable bonds is 3. The first-order valence-corrected chi connectivity index (χ1v) is 11.4. The largest absolute Gasteiger partial charge is 0.422 e. The van der Waals surface area contributed by atoms with E-state index in [1.807, 2.05) is 83.6 Å². The van der Waals surface area contributed by atoms with Crippen LogP contribution in [-0.2, 0) is 0 Å². The Labute approximate surface area is 185 Å². The van der Waals surface area contributed by atoms with Crippen molar-refractivity contribution in [3.8, 4) is 32.5 Å². The van der Waals surface area contributed by atoms with E-state index in [4.69, 9.17) is 14.4 Å². The Kier molecular flexibility index (Phi) is 4.26. The summed E-state index contributed by atoms with van der Waals surface area (Å²) in [5, 5.41) is 8.61. The number of fused-ring (bicyclic) bond motifs is 3. The van der Waals surface area contributed by atoms with Gasteiger partial charge in [-0.1, -0.05) is 60.7 Å². The van der Waals surface area contributed by atoms with Gasteiger partial charge in [-0.3, -0.25) is 0 Å². The Bertz CT molecular complexity index is 1610. The van der Waals surface area contributed by atoms with Crippen LogP contribution in [0.1, 0.15) is 0 Å². The summed E-state index contributed by atoms with van der Waals surface area (Å²) in [6.45, 7) is 0. The van der Waals surface area contributed by atoms with Crippen molar-refractivity contribution in [1.29, 1.82) is 0 Å². The van der Waals surface area contributed by atoms with E-state index in [0.717, 1.165) is 37.4 Å². The van der Waals surface area contributed by atoms with Crippen LogP contribution in [0.25, 0.3) is 54.3 Å². The Hall–Kier alpha value is -3.61. The van der Waals surface area contributed by atoms with E-state index in [9.17, 15) is 4.79 Å². The second kappa shape index (κ2) is 7.27. The lowest BCUT2D eigenvalue weighted by Gasteiger charge is -2.04. The van der Waals surface area contributed by atoms with Gasteiger partial charge >= 0.3 is 5.63 Å². The van der Waals surface area contributed by atoms with E-state index >= 15 is 0 Å². The van der Waals surface area contributed by atoms with Gasteiger partial charge in [-0.05, 0) is 22.9 Å². The number of hydrogen-bond donors (Lipinski definition) is 0. The second-order valence-corrected chi connectivity index (χ2v) is 8.80. The minimum Gasteiger partial charge on any atom is -0.422 e. The normalized spacial score (nSPS) is 11.4. The molecule has 0 aliphatic carbocycles. The molecule has 0 radical (unpaired) electrons. The summed E-state index contributed by atoms with van der Waals surface area (Å²) in [5.41, 5.74) is 3.27. The highest BCUT2D eigenvalue weighted by atomic mass is 32.1. The highest BCUT2D eigenvalue weighted by Crippen LogP contribution is 2.34. The molecular weight excluding hydrogens is 424 g/mol. The first kappa shape index (κ1) is 18.2. The maximum atomic E-state index is 12.7. The third-order valence-corrected chi connectivity index (χ3v) is 7.01. The molecular formula is C25H14N2O2S2. The SMILES string of the molecule is O=c1oc2ccc3ccccc3c2cc1-c1csc(-c2nc(-c3ccccc3)cs2)n1. The lowest BCUT2D eigenvalue weighted by Crippen LogP contribution is -2.03. The summed E-state index contributed by atoms with van der Waals surface area (Å²) in [7, 11) is 0. The number of nitrogens with zero attached hydrogens (tertiary/aromatic N) is 2. The van der Waals surface area contributed by atoms with Crippen molar-refractivity contribution in [2.75, 3.05) is 0 Å². The van der Waals surface area contributed by atoms with E-state index < -0.39 is 0 Å². The van der Waals surface area contributed by atoms with Crippen molar-refractivity contribution in [2.24, 2.45) is 0 Å². The van der Waals surface area contributed by atoms with Gasteiger partial charge in [0.2, 0.25) is 0 Å². The topological polar surface area (TPSA) is 56.0 Å². The minimum atomic E-state index is -0.385. The molecule has 31 heavy (non-hydrogen) atoms. The van der Waals surface area contributed by atoms with Gasteiger partial charge in [0.15, 0.2) is 10.0 Å². The van der Waals surface area contributed by atoms with E-state index in [-0.39, 0.29) is 5.63 Å². The standard InChI is InChI=1S/C25H14N2O2S2/c28-25-19(12-18-17-9-5-4-6-15(17)10-11-22(18)29-25)21-14-31-24(27-21)23-26-20(13-30-23)16-7-2-1-3-8-16/h1-14H. The number of benzene rings is 3. The van der Waals surface area contributed by atoms with Gasteiger partial charge in [0.05, 0.1) is 17.0 Å². The molecule has 6 heteroatoms. The van der Waals surface area contributed by atoms with Crippen LogP contribution in [0, 0.1) is 0 Å². The molecule has 0 aliphatic heterocycles. The molecule has 0 amide bonds. The first-order valence-electron chi connectivity index (χ1n) is 9.69. The van der Waals surface area contributed by atoms with Crippen LogP contribution < -0.4 is 5.63 Å². The maximum Gasteiger partial charge on any atom is 0.345 e. The fourth-order valence-electron chi connectivity index (χ4n) is 3.66. The summed E-state index contributed by atoms with van der Waals surface area (Å²) < 4.78 is 5.63. The summed E-state index contributed by atoms with van der Waals surface area (Å²) >= 11 is 3.03. The summed E-state index contributed by atoms with van der Waals surface area (Å²) in [4.78, 5) is 22.1. The Balaban J connectivity index is 1.44. The average molecular weight is 439 g/mol. The van der Waals surface area contributed by atoms with E-state index in [2.05, 4.69) is 0 Å². The van der Waals surface area contributed by atoms with Crippen molar-refractivity contribution in [2.45, 2.75) is 0 Å². The molecule has 0 saturated heterocycles. The van der Waals surface area contributed by atoms with Crippen LogP contribution in [0.4, 0.5) is 0 Å². The molecule has 4 nitrogen and oxygen atoms in total. The van der Waals surface area contributed by atoms with Crippen molar-refractivity contribution < 1.29 is 4.42 Å². The predicted molar refractivity (Wildman–Crippen MR) is 128 cm³/mol. The molecule has 3 heterocycles. The molecule has 0 atom stereocenters. The van der Waals surface area contributed by atoms with E-state index in [1.54, 1.807) is 11.3 Å². The van der Waals surface area contributed by atoms with Gasteiger partial charge in [-0.25, -0.2) is 14.8 Å². The second-order valence-electron chi connectivity index (χ2n) is 7.09. The molecule has 0 saturated carbocycles. The van der Waals surface area contributed by atoms with E-state index in [1.165, 1.54) is 11.3 Å². The zero-order chi connectivity index (χ0) is 20.8. The van der Waals surface area contributed by atoms with Gasteiger partial charge < -0.3 is 4.42 Å². The summed E-state index contributed by atoms with van der Waals surface area (Å²) in [5.74, 6) is 0. The van der Waals surface area contributed by atoms with Crippen LogP contribution in [-0.4, -0.2) is 9.97 Å². The third kappa shape index (κ3) is 3.17. The van der Waals surface area contributed by atoms with Gasteiger partial charge in [0.25, 0.3) is 0 Å². The maximum absolute atomic E-state index is 12.7. The molecule has 148 valence electrons. The Morgan fingerprint density at radius 3 is 2.26 bits per heavy atom. The molecule has 3 aromatic carbocycles. The molecule has 3 aromatic heterocycles. The molecule has 6 aromatic rings. The van der Waals surface area contributed by atoms with Gasteiger partial charge in [-0.15, -0.1) is 22.7 Å². The number of aromatic nitrogens is 2. The Morgan fingerprint density at radius 1 is 0.710 bits per heavy atom. The van der Waals surface area contributed by atoms with Crippen molar-refractivity contribution in [1.82, 2.24) is 9.97 Å². The number of hydrogen-bond acceptors (Lipinski definition) is 6. The smallest absolute Gasteiger partial charge is 0.345 e. The highest BCUT2D eigenvalue weighted by molar-refractivity contribution is 7.20. The summed E-state index contributed by atoms with van der Waals surface area (Å²) in [6, 6.07) is 23.8. The van der Waals surface area contributed by atoms with Crippen LogP contribution in [0.15, 0.2) is 92.8 Å². The zero-order valence-corrected chi connectivity index (χ0v) is 17.7. The zero-order valence-electron chi connectivity index (χ0n) is 16.1. The monoisotopic (exact) mass is 438 g/mol. The highest BCUT2D eigenvalue weighted by Gasteiger charge is 2.16. The Morgan fingerprint density at radius 2 is 1.42 bits per heavy atom. The van der Waals surface area contributed by atoms with Crippen LogP contribution in [0.3, 0.4) is 0 Å². The first-order chi connectivity index (χ1) is 15.3. The van der Waals surface area contributed by atoms with Crippen molar-refractivity contribution in [3.63, 3.8) is 0 Å². The minimum absolute atomic E-state index is 0.385. The van der Waals surface area contributed by atoms with E-state index in [0.29, 0.717) is 16.8 Å². The third-order valence-electron chi connectivity index (χ3n) is 5.18. The van der Waals surface area contributed by atoms with Gasteiger partial charge in [-0.2, -0.15) is 0 Å². The fraction of sp³-hybridized carbons (Fsp3) is 0. The molecule has 0 aliphatic rings. The van der Waals surface area contributed by atoms with Gasteiger partial charge in [0.1, 0.15) is 5.58 Å². The quantitative estimate of drug-likeness (QED) is 0.224. The molecule has 0 fully saturated rings. The molecule has 0 spiro atoms. The van der Waals surface area contributed by atoms with Crippen molar-refractivity contribution >= 4 is 44.4 Å². The number of thiazole rings is 2. The lowest BCUT2D eigenvalue weighted by atomic mass is 10.0.